The highest BCUT2D eigenvalue weighted by Gasteiger charge is 2.24. The summed E-state index contributed by atoms with van der Waals surface area (Å²) in [6, 6.07) is 0.590. The molecular formula is C8H7F2NO4. The van der Waals surface area contributed by atoms with Crippen molar-refractivity contribution in [2.24, 2.45) is 0 Å². The van der Waals surface area contributed by atoms with Gasteiger partial charge in [0.1, 0.15) is 0 Å². The Morgan fingerprint density at radius 1 is 1.60 bits per heavy atom. The zero-order valence-electron chi connectivity index (χ0n) is 7.58. The number of rotatable bonds is 3. The first-order chi connectivity index (χ1) is 6.97. The second kappa shape index (κ2) is 4.07. The van der Waals surface area contributed by atoms with Gasteiger partial charge in [-0.2, -0.15) is 0 Å². The highest BCUT2D eigenvalue weighted by Crippen LogP contribution is 2.29. The van der Waals surface area contributed by atoms with Crippen LogP contribution in [0.1, 0.15) is 22.3 Å². The number of hydrogen-bond donors (Lipinski definition) is 2. The highest BCUT2D eigenvalue weighted by atomic mass is 19.3. The van der Waals surface area contributed by atoms with Gasteiger partial charge in [0.15, 0.2) is 0 Å². The standard InChI is InChI=1S/C8H7F2NO4/c1-15-7-5(6(9)10)3(8(13)14)2-4(12)11-7/h2,6H,1H3,(H,11,12)(H,13,14). The number of carboxylic acids is 1. The summed E-state index contributed by atoms with van der Waals surface area (Å²) in [4.78, 5) is 23.5. The molecule has 0 aliphatic rings. The van der Waals surface area contributed by atoms with Crippen LogP contribution in [0, 0.1) is 0 Å². The Balaban J connectivity index is 3.54. The van der Waals surface area contributed by atoms with Crippen LogP contribution in [0.25, 0.3) is 0 Å². The predicted octanol–water partition coefficient (Wildman–Crippen LogP) is 1.02. The van der Waals surface area contributed by atoms with Crippen LogP contribution in [0.5, 0.6) is 5.88 Å². The average molecular weight is 219 g/mol. The van der Waals surface area contributed by atoms with E-state index in [0.717, 1.165) is 7.11 Å². The molecule has 82 valence electrons. The molecule has 7 heteroatoms. The molecule has 0 fully saturated rings. The molecule has 0 saturated carbocycles. The molecule has 1 heterocycles. The molecule has 0 aromatic carbocycles. The number of ether oxygens (including phenoxy) is 1. The highest BCUT2D eigenvalue weighted by molar-refractivity contribution is 5.90. The Labute approximate surface area is 82.3 Å². The van der Waals surface area contributed by atoms with Crippen molar-refractivity contribution < 1.29 is 23.4 Å². The number of pyridine rings is 1. The normalized spacial score (nSPS) is 10.4. The number of halogens is 2. The second-order valence-electron chi connectivity index (χ2n) is 2.60. The lowest BCUT2D eigenvalue weighted by molar-refractivity contribution is 0.0682. The number of H-pyrrole nitrogens is 1. The molecule has 5 nitrogen and oxygen atoms in total. The maximum atomic E-state index is 12.5. The second-order valence-corrected chi connectivity index (χ2v) is 2.60. The summed E-state index contributed by atoms with van der Waals surface area (Å²) >= 11 is 0. The molecule has 0 radical (unpaired) electrons. The minimum atomic E-state index is -3.04. The average Bonchev–Trinajstić information content (AvgIpc) is 2.15. The van der Waals surface area contributed by atoms with E-state index in [1.165, 1.54) is 0 Å². The van der Waals surface area contributed by atoms with E-state index in [9.17, 15) is 18.4 Å². The number of methoxy groups -OCH3 is 1. The Kier molecular flexibility index (Phi) is 3.03. The molecule has 1 aromatic rings. The van der Waals surface area contributed by atoms with Gasteiger partial charge in [-0.1, -0.05) is 0 Å². The van der Waals surface area contributed by atoms with Gasteiger partial charge in [0.2, 0.25) is 5.88 Å². The van der Waals surface area contributed by atoms with E-state index in [2.05, 4.69) is 4.74 Å². The molecule has 0 aliphatic heterocycles. The third-order valence-corrected chi connectivity index (χ3v) is 1.70. The third kappa shape index (κ3) is 2.12. The maximum Gasteiger partial charge on any atom is 0.336 e. The zero-order valence-corrected chi connectivity index (χ0v) is 7.58. The smallest absolute Gasteiger partial charge is 0.336 e. The summed E-state index contributed by atoms with van der Waals surface area (Å²) in [5, 5.41) is 8.62. The largest absolute Gasteiger partial charge is 0.482 e. The molecule has 0 spiro atoms. The van der Waals surface area contributed by atoms with Crippen molar-refractivity contribution in [2.45, 2.75) is 6.43 Å². The van der Waals surface area contributed by atoms with Crippen LogP contribution in [0.3, 0.4) is 0 Å². The summed E-state index contributed by atoms with van der Waals surface area (Å²) in [6.07, 6.45) is -3.04. The van der Waals surface area contributed by atoms with Crippen LogP contribution in [-0.2, 0) is 0 Å². The molecule has 2 N–H and O–H groups in total. The number of nitrogens with one attached hydrogen (secondary N) is 1. The van der Waals surface area contributed by atoms with Gasteiger partial charge in [-0.05, 0) is 0 Å². The first-order valence-corrected chi connectivity index (χ1v) is 3.80. The molecular weight excluding hydrogens is 212 g/mol. The van der Waals surface area contributed by atoms with Gasteiger partial charge in [-0.25, -0.2) is 13.6 Å². The van der Waals surface area contributed by atoms with Crippen molar-refractivity contribution in [2.75, 3.05) is 7.11 Å². The number of alkyl halides is 2. The molecule has 0 aliphatic carbocycles. The molecule has 0 saturated heterocycles. The Morgan fingerprint density at radius 2 is 2.20 bits per heavy atom. The van der Waals surface area contributed by atoms with Crippen molar-refractivity contribution in [1.82, 2.24) is 4.98 Å². The lowest BCUT2D eigenvalue weighted by Gasteiger charge is -2.09. The quantitative estimate of drug-likeness (QED) is 0.795. The number of carboxylic acid groups (broad SMARTS) is 1. The van der Waals surface area contributed by atoms with E-state index < -0.39 is 35.0 Å². The summed E-state index contributed by atoms with van der Waals surface area (Å²) in [5.74, 6) is -2.13. The first-order valence-electron chi connectivity index (χ1n) is 3.80. The van der Waals surface area contributed by atoms with E-state index in [4.69, 9.17) is 5.11 Å². The van der Waals surface area contributed by atoms with Crippen LogP contribution in [0.2, 0.25) is 0 Å². The van der Waals surface area contributed by atoms with E-state index in [-0.39, 0.29) is 0 Å². The van der Waals surface area contributed by atoms with Crippen LogP contribution < -0.4 is 10.3 Å². The number of aromatic carboxylic acids is 1. The van der Waals surface area contributed by atoms with Gasteiger partial charge in [0.05, 0.1) is 18.2 Å². The molecule has 0 bridgehead atoms. The summed E-state index contributed by atoms with van der Waals surface area (Å²) in [7, 11) is 1.06. The van der Waals surface area contributed by atoms with E-state index in [1.54, 1.807) is 0 Å². The first kappa shape index (κ1) is 11.2. The predicted molar refractivity (Wildman–Crippen MR) is 45.5 cm³/mol. The fourth-order valence-corrected chi connectivity index (χ4v) is 1.10. The molecule has 1 aromatic heterocycles. The SMILES string of the molecule is COc1[nH]c(=O)cc(C(=O)O)c1C(F)F. The molecule has 15 heavy (non-hydrogen) atoms. The zero-order chi connectivity index (χ0) is 11.6. The number of aromatic nitrogens is 1. The fourth-order valence-electron chi connectivity index (χ4n) is 1.10. The minimum absolute atomic E-state index is 0.532. The molecule has 0 unspecified atom stereocenters. The van der Waals surface area contributed by atoms with Gasteiger partial charge in [-0.3, -0.25) is 9.78 Å². The van der Waals surface area contributed by atoms with E-state index >= 15 is 0 Å². The fraction of sp³-hybridized carbons (Fsp3) is 0.250. The van der Waals surface area contributed by atoms with Crippen molar-refractivity contribution in [3.8, 4) is 5.88 Å². The monoisotopic (exact) mass is 219 g/mol. The van der Waals surface area contributed by atoms with Gasteiger partial charge in [-0.15, -0.1) is 0 Å². The number of carbonyl (C=O) groups is 1. The van der Waals surface area contributed by atoms with Gasteiger partial charge >= 0.3 is 5.97 Å². The van der Waals surface area contributed by atoms with E-state index in [0.29, 0.717) is 6.07 Å². The summed E-state index contributed by atoms with van der Waals surface area (Å²) < 4.78 is 29.5. The van der Waals surface area contributed by atoms with Crippen molar-refractivity contribution >= 4 is 5.97 Å². The lowest BCUT2D eigenvalue weighted by Crippen LogP contribution is -2.15. The van der Waals surface area contributed by atoms with Gasteiger partial charge in [0.25, 0.3) is 12.0 Å². The lowest BCUT2D eigenvalue weighted by atomic mass is 10.1. The Hall–Kier alpha value is -1.92. The van der Waals surface area contributed by atoms with E-state index in [1.807, 2.05) is 4.98 Å². The maximum absolute atomic E-state index is 12.5. The van der Waals surface area contributed by atoms with Crippen LogP contribution in [0.15, 0.2) is 10.9 Å². The van der Waals surface area contributed by atoms with Crippen molar-refractivity contribution in [1.29, 1.82) is 0 Å². The Bertz CT molecular complexity index is 441. The third-order valence-electron chi connectivity index (χ3n) is 1.70. The molecule has 0 amide bonds. The molecule has 0 atom stereocenters. The number of aromatic amines is 1. The summed E-state index contributed by atoms with van der Waals surface area (Å²) in [6.45, 7) is 0. The minimum Gasteiger partial charge on any atom is -0.482 e. The van der Waals surface area contributed by atoms with Crippen LogP contribution in [-0.4, -0.2) is 23.2 Å². The van der Waals surface area contributed by atoms with Gasteiger partial charge in [0, 0.05) is 6.07 Å². The topological polar surface area (TPSA) is 79.4 Å². The number of hydrogen-bond acceptors (Lipinski definition) is 3. The van der Waals surface area contributed by atoms with Crippen molar-refractivity contribution in [3.05, 3.63) is 27.5 Å². The van der Waals surface area contributed by atoms with Gasteiger partial charge < -0.3 is 9.84 Å². The van der Waals surface area contributed by atoms with Crippen LogP contribution in [0.4, 0.5) is 8.78 Å². The van der Waals surface area contributed by atoms with Crippen LogP contribution >= 0.6 is 0 Å². The molecule has 1 rings (SSSR count). The Morgan fingerprint density at radius 3 is 2.60 bits per heavy atom. The summed E-state index contributed by atoms with van der Waals surface area (Å²) in [5.41, 5.74) is -2.40. The van der Waals surface area contributed by atoms with Crippen molar-refractivity contribution in [3.63, 3.8) is 0 Å².